The number of hydrogen-bond donors (Lipinski definition) is 2. The molecule has 1 aromatic carbocycles. The van der Waals surface area contributed by atoms with E-state index in [1.165, 1.54) is 18.2 Å². The summed E-state index contributed by atoms with van der Waals surface area (Å²) in [5.41, 5.74) is 5.87. The molecule has 0 fully saturated rings. The summed E-state index contributed by atoms with van der Waals surface area (Å²) in [7, 11) is 0. The Morgan fingerprint density at radius 3 is 2.79 bits per heavy atom. The monoisotopic (exact) mass is 260 g/mol. The van der Waals surface area contributed by atoms with Crippen LogP contribution in [0.1, 0.15) is 6.92 Å². The number of hydrogen-bond acceptors (Lipinski definition) is 2. The van der Waals surface area contributed by atoms with E-state index in [4.69, 9.17) is 5.73 Å². The molecule has 0 saturated carbocycles. The van der Waals surface area contributed by atoms with Gasteiger partial charge in [0, 0.05) is 4.47 Å². The number of benzene rings is 1. The van der Waals surface area contributed by atoms with Crippen LogP contribution in [0.3, 0.4) is 0 Å². The molecule has 0 heterocycles. The molecule has 0 aliphatic carbocycles. The molecular formula is C9H10BrFN2O. The van der Waals surface area contributed by atoms with Crippen molar-refractivity contribution in [2.24, 2.45) is 5.73 Å². The van der Waals surface area contributed by atoms with Gasteiger partial charge in [0.05, 0.1) is 11.7 Å². The molecule has 1 atom stereocenters. The van der Waals surface area contributed by atoms with Crippen molar-refractivity contribution in [3.05, 3.63) is 28.5 Å². The van der Waals surface area contributed by atoms with Crippen molar-refractivity contribution in [2.75, 3.05) is 5.32 Å². The van der Waals surface area contributed by atoms with E-state index in [0.717, 1.165) is 0 Å². The van der Waals surface area contributed by atoms with Crippen LogP contribution in [0.15, 0.2) is 22.7 Å². The van der Waals surface area contributed by atoms with Gasteiger partial charge in [0.15, 0.2) is 0 Å². The molecule has 3 nitrogen and oxygen atoms in total. The summed E-state index contributed by atoms with van der Waals surface area (Å²) >= 11 is 3.13. The Morgan fingerprint density at radius 2 is 2.29 bits per heavy atom. The summed E-state index contributed by atoms with van der Waals surface area (Å²) in [4.78, 5) is 11.2. The average molecular weight is 261 g/mol. The Labute approximate surface area is 89.6 Å². The average Bonchev–Trinajstić information content (AvgIpc) is 2.09. The molecule has 5 heteroatoms. The van der Waals surface area contributed by atoms with Crippen LogP contribution < -0.4 is 11.1 Å². The second-order valence-electron chi connectivity index (χ2n) is 2.90. The summed E-state index contributed by atoms with van der Waals surface area (Å²) in [6.45, 7) is 1.58. The fourth-order valence-corrected chi connectivity index (χ4v) is 1.29. The maximum Gasteiger partial charge on any atom is 0.241 e. The third kappa shape index (κ3) is 2.78. The Hall–Kier alpha value is -0.940. The predicted molar refractivity (Wildman–Crippen MR) is 56.4 cm³/mol. The van der Waals surface area contributed by atoms with E-state index in [9.17, 15) is 9.18 Å². The summed E-state index contributed by atoms with van der Waals surface area (Å²) < 4.78 is 13.2. The fourth-order valence-electron chi connectivity index (χ4n) is 0.837. The number of anilines is 1. The van der Waals surface area contributed by atoms with Crippen molar-refractivity contribution < 1.29 is 9.18 Å². The molecule has 0 bridgehead atoms. The van der Waals surface area contributed by atoms with Gasteiger partial charge in [-0.15, -0.1) is 0 Å². The molecule has 0 aliphatic heterocycles. The Kier molecular flexibility index (Phi) is 3.60. The van der Waals surface area contributed by atoms with Gasteiger partial charge in [-0.1, -0.05) is 0 Å². The molecule has 1 amide bonds. The summed E-state index contributed by atoms with van der Waals surface area (Å²) in [6, 6.07) is 3.42. The maximum absolute atomic E-state index is 12.7. The van der Waals surface area contributed by atoms with Crippen molar-refractivity contribution in [3.63, 3.8) is 0 Å². The van der Waals surface area contributed by atoms with Crippen LogP contribution in [0.4, 0.5) is 10.1 Å². The molecule has 1 rings (SSSR count). The van der Waals surface area contributed by atoms with E-state index in [1.54, 1.807) is 6.92 Å². The first-order chi connectivity index (χ1) is 6.50. The molecule has 3 N–H and O–H groups in total. The third-order valence-corrected chi connectivity index (χ3v) is 2.26. The predicted octanol–water partition coefficient (Wildman–Crippen LogP) is 1.87. The third-order valence-electron chi connectivity index (χ3n) is 1.60. The standard InChI is InChI=1S/C9H10BrFN2O/c1-5(12)9(14)13-8-3-2-6(11)4-7(8)10/h2-5H,12H2,1H3,(H,13,14)/t5-/m0/s1. The van der Waals surface area contributed by atoms with Crippen LogP contribution >= 0.6 is 15.9 Å². The zero-order valence-corrected chi connectivity index (χ0v) is 9.14. The zero-order chi connectivity index (χ0) is 10.7. The van der Waals surface area contributed by atoms with Crippen molar-refractivity contribution >= 4 is 27.5 Å². The van der Waals surface area contributed by atoms with Crippen molar-refractivity contribution in [3.8, 4) is 0 Å². The number of carbonyl (C=O) groups is 1. The minimum Gasteiger partial charge on any atom is -0.324 e. The molecule has 0 saturated heterocycles. The fraction of sp³-hybridized carbons (Fsp3) is 0.222. The van der Waals surface area contributed by atoms with Gasteiger partial charge in [0.1, 0.15) is 5.82 Å². The first kappa shape index (κ1) is 11.1. The number of nitrogens with one attached hydrogen (secondary N) is 1. The summed E-state index contributed by atoms with van der Waals surface area (Å²) in [5.74, 6) is -0.673. The van der Waals surface area contributed by atoms with E-state index >= 15 is 0 Å². The number of carbonyl (C=O) groups excluding carboxylic acids is 1. The summed E-state index contributed by atoms with van der Waals surface area (Å²) in [6.07, 6.45) is 0. The Bertz CT molecular complexity index is 355. The van der Waals surface area contributed by atoms with Crippen LogP contribution in [-0.2, 0) is 4.79 Å². The lowest BCUT2D eigenvalue weighted by atomic mass is 10.3. The van der Waals surface area contributed by atoms with Gasteiger partial charge < -0.3 is 11.1 Å². The topological polar surface area (TPSA) is 55.1 Å². The first-order valence-electron chi connectivity index (χ1n) is 4.02. The molecular weight excluding hydrogens is 251 g/mol. The number of nitrogens with two attached hydrogens (primary N) is 1. The molecule has 14 heavy (non-hydrogen) atoms. The highest BCUT2D eigenvalue weighted by Gasteiger charge is 2.09. The van der Waals surface area contributed by atoms with Gasteiger partial charge >= 0.3 is 0 Å². The lowest BCUT2D eigenvalue weighted by Gasteiger charge is -2.09. The highest BCUT2D eigenvalue weighted by Crippen LogP contribution is 2.22. The van der Waals surface area contributed by atoms with E-state index in [1.807, 2.05) is 0 Å². The second-order valence-corrected chi connectivity index (χ2v) is 3.76. The van der Waals surface area contributed by atoms with E-state index in [0.29, 0.717) is 10.2 Å². The summed E-state index contributed by atoms with van der Waals surface area (Å²) in [5, 5.41) is 2.56. The smallest absolute Gasteiger partial charge is 0.241 e. The molecule has 0 spiro atoms. The zero-order valence-electron chi connectivity index (χ0n) is 7.55. The van der Waals surface area contributed by atoms with Crippen LogP contribution in [0.25, 0.3) is 0 Å². The van der Waals surface area contributed by atoms with Gasteiger partial charge in [-0.2, -0.15) is 0 Å². The van der Waals surface area contributed by atoms with Gasteiger partial charge in [-0.05, 0) is 41.1 Å². The second kappa shape index (κ2) is 4.52. The quantitative estimate of drug-likeness (QED) is 0.853. The number of halogens is 2. The van der Waals surface area contributed by atoms with Crippen LogP contribution in [0, 0.1) is 5.82 Å². The minimum absolute atomic E-state index is 0.308. The van der Waals surface area contributed by atoms with E-state index in [2.05, 4.69) is 21.2 Å². The van der Waals surface area contributed by atoms with Crippen LogP contribution in [-0.4, -0.2) is 11.9 Å². The largest absolute Gasteiger partial charge is 0.324 e. The Balaban J connectivity index is 2.82. The lowest BCUT2D eigenvalue weighted by molar-refractivity contribution is -0.117. The van der Waals surface area contributed by atoms with Gasteiger partial charge in [0.2, 0.25) is 5.91 Å². The molecule has 0 aromatic heterocycles. The van der Waals surface area contributed by atoms with Crippen LogP contribution in [0.5, 0.6) is 0 Å². The number of rotatable bonds is 2. The molecule has 1 aromatic rings. The molecule has 0 unspecified atom stereocenters. The minimum atomic E-state index is -0.591. The van der Waals surface area contributed by atoms with E-state index < -0.39 is 6.04 Å². The van der Waals surface area contributed by atoms with Crippen LogP contribution in [0.2, 0.25) is 0 Å². The van der Waals surface area contributed by atoms with Crippen molar-refractivity contribution in [1.82, 2.24) is 0 Å². The molecule has 0 radical (unpaired) electrons. The highest BCUT2D eigenvalue weighted by molar-refractivity contribution is 9.10. The van der Waals surface area contributed by atoms with Gasteiger partial charge in [0.25, 0.3) is 0 Å². The maximum atomic E-state index is 12.7. The normalized spacial score (nSPS) is 12.3. The lowest BCUT2D eigenvalue weighted by Crippen LogP contribution is -2.32. The SMILES string of the molecule is C[C@H](N)C(=O)Nc1ccc(F)cc1Br. The van der Waals surface area contributed by atoms with E-state index in [-0.39, 0.29) is 11.7 Å². The molecule has 76 valence electrons. The van der Waals surface area contributed by atoms with Gasteiger partial charge in [-0.3, -0.25) is 4.79 Å². The Morgan fingerprint density at radius 1 is 1.64 bits per heavy atom. The van der Waals surface area contributed by atoms with Gasteiger partial charge in [-0.25, -0.2) is 4.39 Å². The first-order valence-corrected chi connectivity index (χ1v) is 4.81. The number of amides is 1. The highest BCUT2D eigenvalue weighted by atomic mass is 79.9. The van der Waals surface area contributed by atoms with Crippen molar-refractivity contribution in [1.29, 1.82) is 0 Å². The molecule has 0 aliphatic rings. The van der Waals surface area contributed by atoms with Crippen molar-refractivity contribution in [2.45, 2.75) is 13.0 Å².